The first kappa shape index (κ1) is 22.9. The zero-order valence-corrected chi connectivity index (χ0v) is 20.5. The van der Waals surface area contributed by atoms with Crippen molar-refractivity contribution in [2.75, 3.05) is 44.3 Å². The molecule has 0 radical (unpaired) electrons. The molecule has 2 aromatic heterocycles. The van der Waals surface area contributed by atoms with Crippen molar-refractivity contribution in [3.05, 3.63) is 40.7 Å². The highest BCUT2D eigenvalue weighted by molar-refractivity contribution is 7.22. The lowest BCUT2D eigenvalue weighted by Gasteiger charge is -2.27. The molecule has 8 heteroatoms. The van der Waals surface area contributed by atoms with Gasteiger partial charge in [0.25, 0.3) is 5.91 Å². The Balaban J connectivity index is 1.61. The van der Waals surface area contributed by atoms with Gasteiger partial charge in [-0.25, -0.2) is 4.98 Å². The van der Waals surface area contributed by atoms with E-state index >= 15 is 0 Å². The lowest BCUT2D eigenvalue weighted by Crippen LogP contribution is -2.39. The largest absolute Gasteiger partial charge is 0.379 e. The standard InChI is InChI=1S/C24H33N5O2S/c1-16(2)29-19(5)15-21(26-29)23(30)28(8-6-7-27-9-11-31-12-10-27)24-25-20-13-17(3)18(4)14-22(20)32-24/h13-16H,6-12H2,1-5H3. The molecule has 0 bridgehead atoms. The van der Waals surface area contributed by atoms with E-state index in [2.05, 4.69) is 49.8 Å². The second kappa shape index (κ2) is 9.68. The Kier molecular flexibility index (Phi) is 6.93. The van der Waals surface area contributed by atoms with Crippen molar-refractivity contribution in [1.82, 2.24) is 19.7 Å². The molecule has 0 unspecified atom stereocenters. The Morgan fingerprint density at radius 1 is 1.16 bits per heavy atom. The van der Waals surface area contributed by atoms with Gasteiger partial charge >= 0.3 is 0 Å². The molecule has 0 N–H and O–H groups in total. The van der Waals surface area contributed by atoms with E-state index in [-0.39, 0.29) is 11.9 Å². The molecule has 1 saturated heterocycles. The van der Waals surface area contributed by atoms with Crippen molar-refractivity contribution in [1.29, 1.82) is 0 Å². The van der Waals surface area contributed by atoms with Gasteiger partial charge in [0.2, 0.25) is 0 Å². The van der Waals surface area contributed by atoms with Gasteiger partial charge < -0.3 is 4.74 Å². The zero-order chi connectivity index (χ0) is 22.8. The fraction of sp³-hybridized carbons (Fsp3) is 0.542. The Hall–Kier alpha value is -2.29. The number of carbonyl (C=O) groups is 1. The maximum Gasteiger partial charge on any atom is 0.280 e. The number of fused-ring (bicyclic) bond motifs is 1. The third-order valence-corrected chi connectivity index (χ3v) is 7.10. The van der Waals surface area contributed by atoms with Crippen molar-refractivity contribution in [3.63, 3.8) is 0 Å². The number of morpholine rings is 1. The highest BCUT2D eigenvalue weighted by Crippen LogP contribution is 2.32. The number of thiazole rings is 1. The Morgan fingerprint density at radius 3 is 2.56 bits per heavy atom. The molecule has 1 aliphatic heterocycles. The third-order valence-electron chi connectivity index (χ3n) is 6.06. The number of ether oxygens (including phenoxy) is 1. The van der Waals surface area contributed by atoms with Gasteiger partial charge in [-0.05, 0) is 70.4 Å². The lowest BCUT2D eigenvalue weighted by atomic mass is 10.1. The molecule has 4 rings (SSSR count). The predicted molar refractivity (Wildman–Crippen MR) is 130 cm³/mol. The van der Waals surface area contributed by atoms with Crippen LogP contribution < -0.4 is 4.90 Å². The van der Waals surface area contributed by atoms with Crippen LogP contribution in [0, 0.1) is 20.8 Å². The predicted octanol–water partition coefficient (Wildman–Crippen LogP) is 4.37. The summed E-state index contributed by atoms with van der Waals surface area (Å²) in [5.74, 6) is -0.0815. The van der Waals surface area contributed by atoms with E-state index in [0.717, 1.165) is 60.3 Å². The molecule has 1 amide bonds. The van der Waals surface area contributed by atoms with E-state index in [1.54, 1.807) is 11.3 Å². The number of carbonyl (C=O) groups excluding carboxylic acids is 1. The van der Waals surface area contributed by atoms with E-state index in [4.69, 9.17) is 9.72 Å². The number of hydrogen-bond donors (Lipinski definition) is 0. The van der Waals surface area contributed by atoms with Crippen LogP contribution in [0.25, 0.3) is 10.2 Å². The summed E-state index contributed by atoms with van der Waals surface area (Å²) < 4.78 is 8.47. The van der Waals surface area contributed by atoms with Crippen LogP contribution in [0.3, 0.4) is 0 Å². The van der Waals surface area contributed by atoms with Gasteiger partial charge in [-0.15, -0.1) is 0 Å². The summed E-state index contributed by atoms with van der Waals surface area (Å²) in [7, 11) is 0. The summed E-state index contributed by atoms with van der Waals surface area (Å²) in [4.78, 5) is 22.7. The van der Waals surface area contributed by atoms with E-state index in [0.29, 0.717) is 12.2 Å². The van der Waals surface area contributed by atoms with Gasteiger partial charge in [0.1, 0.15) is 0 Å². The summed E-state index contributed by atoms with van der Waals surface area (Å²) in [5.41, 5.74) is 4.87. The fourth-order valence-corrected chi connectivity index (χ4v) is 5.17. The van der Waals surface area contributed by atoms with E-state index in [1.807, 2.05) is 22.6 Å². The van der Waals surface area contributed by atoms with Crippen LogP contribution in [-0.4, -0.2) is 65.0 Å². The van der Waals surface area contributed by atoms with Gasteiger partial charge in [0.15, 0.2) is 10.8 Å². The molecule has 1 fully saturated rings. The number of aryl methyl sites for hydroxylation is 3. The third kappa shape index (κ3) is 4.87. The van der Waals surface area contributed by atoms with E-state index < -0.39 is 0 Å². The maximum absolute atomic E-state index is 13.6. The Labute approximate surface area is 194 Å². The highest BCUT2D eigenvalue weighted by atomic mass is 32.1. The molecule has 7 nitrogen and oxygen atoms in total. The maximum atomic E-state index is 13.6. The second-order valence-electron chi connectivity index (χ2n) is 8.87. The van der Waals surface area contributed by atoms with Crippen LogP contribution in [0.1, 0.15) is 53.6 Å². The minimum Gasteiger partial charge on any atom is -0.379 e. The molecule has 1 aromatic carbocycles. The SMILES string of the molecule is Cc1cc2nc(N(CCCN3CCOCC3)C(=O)c3cc(C)n(C(C)C)n3)sc2cc1C. The monoisotopic (exact) mass is 455 g/mol. The van der Waals surface area contributed by atoms with Crippen LogP contribution in [0.2, 0.25) is 0 Å². The minimum atomic E-state index is -0.0815. The van der Waals surface area contributed by atoms with Crippen molar-refractivity contribution < 1.29 is 9.53 Å². The summed E-state index contributed by atoms with van der Waals surface area (Å²) in [6.07, 6.45) is 0.879. The molecule has 0 saturated carbocycles. The molecule has 32 heavy (non-hydrogen) atoms. The molecule has 0 spiro atoms. The Bertz CT molecular complexity index is 1060. The van der Waals surface area contributed by atoms with Gasteiger partial charge in [0.05, 0.1) is 23.4 Å². The van der Waals surface area contributed by atoms with Crippen molar-refractivity contribution in [3.8, 4) is 0 Å². The van der Waals surface area contributed by atoms with Crippen LogP contribution in [0.5, 0.6) is 0 Å². The Morgan fingerprint density at radius 2 is 1.88 bits per heavy atom. The average molecular weight is 456 g/mol. The first-order valence-electron chi connectivity index (χ1n) is 11.4. The number of rotatable bonds is 7. The molecule has 0 aliphatic carbocycles. The minimum absolute atomic E-state index is 0.0815. The van der Waals surface area contributed by atoms with Crippen LogP contribution >= 0.6 is 11.3 Å². The second-order valence-corrected chi connectivity index (χ2v) is 9.88. The lowest BCUT2D eigenvalue weighted by molar-refractivity contribution is 0.0376. The smallest absolute Gasteiger partial charge is 0.280 e. The number of nitrogens with zero attached hydrogens (tertiary/aromatic N) is 5. The quantitative estimate of drug-likeness (QED) is 0.529. The summed E-state index contributed by atoms with van der Waals surface area (Å²) in [6, 6.07) is 6.37. The van der Waals surface area contributed by atoms with E-state index in [1.165, 1.54) is 11.1 Å². The topological polar surface area (TPSA) is 63.5 Å². The van der Waals surface area contributed by atoms with E-state index in [9.17, 15) is 4.79 Å². The normalized spacial score (nSPS) is 15.1. The fourth-order valence-electron chi connectivity index (χ4n) is 4.10. The number of amides is 1. The number of aromatic nitrogens is 3. The summed E-state index contributed by atoms with van der Waals surface area (Å²) >= 11 is 1.58. The average Bonchev–Trinajstić information content (AvgIpc) is 3.35. The summed E-state index contributed by atoms with van der Waals surface area (Å²) in [5, 5.41) is 5.36. The molecule has 1 aliphatic rings. The van der Waals surface area contributed by atoms with Crippen molar-refractivity contribution >= 4 is 32.6 Å². The highest BCUT2D eigenvalue weighted by Gasteiger charge is 2.25. The van der Waals surface area contributed by atoms with Crippen molar-refractivity contribution in [2.45, 2.75) is 47.1 Å². The number of hydrogen-bond acceptors (Lipinski definition) is 6. The first-order chi connectivity index (χ1) is 15.3. The molecule has 0 atom stereocenters. The van der Waals surface area contributed by atoms with Gasteiger partial charge in [-0.1, -0.05) is 11.3 Å². The molecular weight excluding hydrogens is 422 g/mol. The molecule has 172 valence electrons. The van der Waals surface area contributed by atoms with Crippen molar-refractivity contribution in [2.24, 2.45) is 0 Å². The van der Waals surface area contributed by atoms with Crippen LogP contribution in [0.15, 0.2) is 18.2 Å². The van der Waals surface area contributed by atoms with Crippen LogP contribution in [0.4, 0.5) is 5.13 Å². The van der Waals surface area contributed by atoms with Crippen LogP contribution in [-0.2, 0) is 4.74 Å². The molecule has 3 heterocycles. The zero-order valence-electron chi connectivity index (χ0n) is 19.7. The number of benzene rings is 1. The van der Waals surface area contributed by atoms with Gasteiger partial charge in [0, 0.05) is 37.9 Å². The number of anilines is 1. The molecule has 3 aromatic rings. The molecular formula is C24H33N5O2S. The van der Waals surface area contributed by atoms with Gasteiger partial charge in [-0.2, -0.15) is 5.10 Å². The van der Waals surface area contributed by atoms with Gasteiger partial charge in [-0.3, -0.25) is 19.3 Å². The first-order valence-corrected chi connectivity index (χ1v) is 12.2. The summed E-state index contributed by atoms with van der Waals surface area (Å²) in [6.45, 7) is 15.4.